The summed E-state index contributed by atoms with van der Waals surface area (Å²) >= 11 is 0. The van der Waals surface area contributed by atoms with E-state index in [1.165, 1.54) is 0 Å². The van der Waals surface area contributed by atoms with Crippen LogP contribution in [0.15, 0.2) is 54.6 Å². The Labute approximate surface area is 221 Å². The average molecular weight is 504 g/mol. The van der Waals surface area contributed by atoms with Gasteiger partial charge in [0.25, 0.3) is 5.91 Å². The number of carbonyl (C=O) groups is 2. The Balaban J connectivity index is 1.32. The molecule has 37 heavy (non-hydrogen) atoms. The van der Waals surface area contributed by atoms with Crippen LogP contribution >= 0.6 is 0 Å². The van der Waals surface area contributed by atoms with E-state index in [2.05, 4.69) is 13.8 Å². The Morgan fingerprint density at radius 2 is 1.73 bits per heavy atom. The quantitative estimate of drug-likeness (QED) is 0.342. The molecule has 0 aliphatic carbocycles. The number of hydrogen-bond donors (Lipinski definition) is 1. The van der Waals surface area contributed by atoms with Gasteiger partial charge in [-0.2, -0.15) is 0 Å². The summed E-state index contributed by atoms with van der Waals surface area (Å²) in [5, 5.41) is 8.59. The molecule has 2 fully saturated rings. The van der Waals surface area contributed by atoms with Crippen LogP contribution in [-0.2, 0) is 4.79 Å². The van der Waals surface area contributed by atoms with E-state index in [0.717, 1.165) is 63.7 Å². The van der Waals surface area contributed by atoms with Crippen LogP contribution in [-0.4, -0.2) is 47.1 Å². The molecule has 2 saturated heterocycles. The molecular weight excluding hydrogens is 462 g/mol. The Kier molecular flexibility index (Phi) is 9.01. The first-order valence-electron chi connectivity index (χ1n) is 14.0. The van der Waals surface area contributed by atoms with Gasteiger partial charge in [0.1, 0.15) is 17.3 Å². The zero-order valence-electron chi connectivity index (χ0n) is 22.4. The molecule has 0 aromatic heterocycles. The summed E-state index contributed by atoms with van der Waals surface area (Å²) in [6.45, 7) is 6.32. The number of amides is 2. The number of unbranched alkanes of at least 4 members (excludes halogenated alkanes) is 2. The molecule has 4 rings (SSSR count). The van der Waals surface area contributed by atoms with E-state index >= 15 is 0 Å². The van der Waals surface area contributed by atoms with Crippen molar-refractivity contribution >= 4 is 17.6 Å². The van der Waals surface area contributed by atoms with Crippen LogP contribution in [0.25, 0.3) is 0 Å². The minimum Gasteiger partial charge on any atom is -0.457 e. The fourth-order valence-corrected chi connectivity index (χ4v) is 5.75. The van der Waals surface area contributed by atoms with Gasteiger partial charge in [-0.05, 0) is 61.9 Å². The van der Waals surface area contributed by atoms with Gasteiger partial charge in [0.2, 0.25) is 5.91 Å². The van der Waals surface area contributed by atoms with Crippen molar-refractivity contribution in [3.63, 3.8) is 0 Å². The van der Waals surface area contributed by atoms with Gasteiger partial charge in [-0.25, -0.2) is 0 Å². The van der Waals surface area contributed by atoms with Crippen molar-refractivity contribution in [2.75, 3.05) is 19.6 Å². The zero-order chi connectivity index (χ0) is 26.3. The highest BCUT2D eigenvalue weighted by atomic mass is 16.5. The SMILES string of the molecule is CCCCC1(CCCC)CC(=N)N(CCC2CCN(C(=O)c3cccc(Oc4ccccc4)c3)C2)C1=O. The topological polar surface area (TPSA) is 73.7 Å². The van der Waals surface area contributed by atoms with E-state index in [4.69, 9.17) is 10.1 Å². The van der Waals surface area contributed by atoms with Crippen molar-refractivity contribution in [3.8, 4) is 11.5 Å². The molecule has 6 nitrogen and oxygen atoms in total. The summed E-state index contributed by atoms with van der Waals surface area (Å²) in [5.74, 6) is 2.40. The van der Waals surface area contributed by atoms with E-state index in [1.54, 1.807) is 11.0 Å². The van der Waals surface area contributed by atoms with Crippen molar-refractivity contribution in [2.24, 2.45) is 11.3 Å². The fourth-order valence-electron chi connectivity index (χ4n) is 5.75. The molecule has 2 aliphatic rings. The highest BCUT2D eigenvalue weighted by Crippen LogP contribution is 2.42. The van der Waals surface area contributed by atoms with Crippen LogP contribution in [0.1, 0.15) is 82.0 Å². The summed E-state index contributed by atoms with van der Waals surface area (Å²) in [7, 11) is 0. The minimum atomic E-state index is -0.367. The van der Waals surface area contributed by atoms with Crippen LogP contribution < -0.4 is 4.74 Å². The first-order valence-corrected chi connectivity index (χ1v) is 14.0. The van der Waals surface area contributed by atoms with Crippen molar-refractivity contribution in [2.45, 2.75) is 71.6 Å². The lowest BCUT2D eigenvalue weighted by molar-refractivity contribution is -0.135. The van der Waals surface area contributed by atoms with Crippen molar-refractivity contribution in [1.82, 2.24) is 9.80 Å². The highest BCUT2D eigenvalue weighted by Gasteiger charge is 2.48. The second-order valence-electron chi connectivity index (χ2n) is 10.7. The fraction of sp³-hybridized carbons (Fsp3) is 0.516. The maximum Gasteiger partial charge on any atom is 0.253 e. The van der Waals surface area contributed by atoms with Gasteiger partial charge in [-0.1, -0.05) is 63.8 Å². The van der Waals surface area contributed by atoms with Gasteiger partial charge < -0.3 is 14.5 Å². The third-order valence-electron chi connectivity index (χ3n) is 7.94. The molecule has 2 aromatic carbocycles. The molecule has 0 bridgehead atoms. The predicted octanol–water partition coefficient (Wildman–Crippen LogP) is 6.91. The van der Waals surface area contributed by atoms with E-state index in [0.29, 0.717) is 42.6 Å². The minimum absolute atomic E-state index is 0.0177. The van der Waals surface area contributed by atoms with Crippen LogP contribution in [0, 0.1) is 16.7 Å². The van der Waals surface area contributed by atoms with E-state index in [9.17, 15) is 9.59 Å². The summed E-state index contributed by atoms with van der Waals surface area (Å²) < 4.78 is 5.91. The maximum atomic E-state index is 13.5. The van der Waals surface area contributed by atoms with Gasteiger partial charge in [0, 0.05) is 31.6 Å². The lowest BCUT2D eigenvalue weighted by atomic mass is 9.77. The molecule has 2 heterocycles. The van der Waals surface area contributed by atoms with E-state index < -0.39 is 0 Å². The molecule has 1 unspecified atom stereocenters. The Morgan fingerprint density at radius 3 is 2.43 bits per heavy atom. The monoisotopic (exact) mass is 503 g/mol. The molecule has 198 valence electrons. The van der Waals surface area contributed by atoms with Crippen LogP contribution in [0.4, 0.5) is 0 Å². The molecule has 1 N–H and O–H groups in total. The molecule has 1 atom stereocenters. The molecule has 0 saturated carbocycles. The lowest BCUT2D eigenvalue weighted by Crippen LogP contribution is -2.37. The van der Waals surface area contributed by atoms with Crippen molar-refractivity contribution in [1.29, 1.82) is 5.41 Å². The third-order valence-corrected chi connectivity index (χ3v) is 7.94. The third kappa shape index (κ3) is 6.41. The standard InChI is InChI=1S/C31H41N3O3/c1-3-5-17-31(18-6-4-2)22-28(32)34(30(31)36)20-16-24-15-19-33(23-24)29(35)25-11-10-14-27(21-25)37-26-12-8-7-9-13-26/h7-14,21,24,32H,3-6,15-20,22-23H2,1-2H3. The van der Waals surface area contributed by atoms with Crippen LogP contribution in [0.3, 0.4) is 0 Å². The first kappa shape index (κ1) is 26.9. The number of likely N-dealkylation sites (tertiary alicyclic amines) is 2. The predicted molar refractivity (Wildman–Crippen MR) is 147 cm³/mol. The number of benzene rings is 2. The van der Waals surface area contributed by atoms with Crippen molar-refractivity contribution < 1.29 is 14.3 Å². The van der Waals surface area contributed by atoms with Crippen LogP contribution in [0.2, 0.25) is 0 Å². The number of hydrogen-bond acceptors (Lipinski definition) is 4. The van der Waals surface area contributed by atoms with Crippen LogP contribution in [0.5, 0.6) is 11.5 Å². The normalized spacial score (nSPS) is 19.0. The molecule has 2 aromatic rings. The number of nitrogens with one attached hydrogen (secondary N) is 1. The first-order chi connectivity index (χ1) is 18.0. The van der Waals surface area contributed by atoms with Gasteiger partial charge in [-0.15, -0.1) is 0 Å². The van der Waals surface area contributed by atoms with Crippen molar-refractivity contribution in [3.05, 3.63) is 60.2 Å². The Bertz CT molecular complexity index is 1080. The Morgan fingerprint density at radius 1 is 1.03 bits per heavy atom. The number of nitrogens with zero attached hydrogens (tertiary/aromatic N) is 2. The smallest absolute Gasteiger partial charge is 0.253 e. The Hall–Kier alpha value is -3.15. The largest absolute Gasteiger partial charge is 0.457 e. The van der Waals surface area contributed by atoms with E-state index in [1.807, 2.05) is 53.4 Å². The summed E-state index contributed by atoms with van der Waals surface area (Å²) in [5.41, 5.74) is 0.260. The molecular formula is C31H41N3O3. The second kappa shape index (κ2) is 12.4. The molecule has 0 spiro atoms. The molecule has 0 radical (unpaired) electrons. The summed E-state index contributed by atoms with van der Waals surface area (Å²) in [6, 6.07) is 16.9. The van der Waals surface area contributed by atoms with Gasteiger partial charge in [0.05, 0.1) is 5.41 Å². The maximum absolute atomic E-state index is 13.5. The van der Waals surface area contributed by atoms with E-state index in [-0.39, 0.29) is 17.2 Å². The number of ether oxygens (including phenoxy) is 1. The average Bonchev–Trinajstić information content (AvgIpc) is 3.48. The molecule has 2 aliphatic heterocycles. The number of amidine groups is 1. The van der Waals surface area contributed by atoms with Gasteiger partial charge in [0.15, 0.2) is 0 Å². The zero-order valence-corrected chi connectivity index (χ0v) is 22.4. The van der Waals surface area contributed by atoms with Gasteiger partial charge >= 0.3 is 0 Å². The summed E-state index contributed by atoms with van der Waals surface area (Å²) in [4.78, 5) is 30.4. The number of carbonyl (C=O) groups excluding carboxylic acids is 2. The molecule has 2 amide bonds. The molecule has 6 heteroatoms. The number of para-hydroxylation sites is 1. The van der Waals surface area contributed by atoms with Gasteiger partial charge in [-0.3, -0.25) is 15.0 Å². The second-order valence-corrected chi connectivity index (χ2v) is 10.7. The number of rotatable bonds is 12. The highest BCUT2D eigenvalue weighted by molar-refractivity contribution is 6.07. The summed E-state index contributed by atoms with van der Waals surface area (Å²) in [6.07, 6.45) is 8.33. The lowest BCUT2D eigenvalue weighted by Gasteiger charge is -2.27.